The van der Waals surface area contributed by atoms with Crippen LogP contribution in [0.4, 0.5) is 24.7 Å². The summed E-state index contributed by atoms with van der Waals surface area (Å²) in [5.74, 6) is 0.150. The van der Waals surface area contributed by atoms with Crippen molar-refractivity contribution < 1.29 is 26.0 Å². The molecule has 0 radical (unpaired) electrons. The highest BCUT2D eigenvalue weighted by Gasteiger charge is 2.30. The van der Waals surface area contributed by atoms with Crippen LogP contribution < -0.4 is 10.0 Å². The van der Waals surface area contributed by atoms with Crippen molar-refractivity contribution in [1.82, 2.24) is 19.9 Å². The number of benzene rings is 1. The van der Waals surface area contributed by atoms with E-state index >= 15 is 0 Å². The van der Waals surface area contributed by atoms with E-state index in [1.54, 1.807) is 6.92 Å². The summed E-state index contributed by atoms with van der Waals surface area (Å²) in [5.41, 5.74) is -0.448. The SMILES string of the molecule is CNS(=O)(=O)c1ccc(Nc2cc(C(F)(F)F)ccn2)c(-c2nnc(C)o2)c1. The van der Waals surface area contributed by atoms with Crippen molar-refractivity contribution in [3.8, 4) is 11.5 Å². The lowest BCUT2D eigenvalue weighted by atomic mass is 10.1. The summed E-state index contributed by atoms with van der Waals surface area (Å²) in [6, 6.07) is 5.61. The number of alkyl halides is 3. The molecule has 0 aliphatic carbocycles. The number of hydrogen-bond donors (Lipinski definition) is 2. The minimum atomic E-state index is -4.53. The number of pyridine rings is 1. The highest BCUT2D eigenvalue weighted by atomic mass is 32.2. The van der Waals surface area contributed by atoms with Crippen molar-refractivity contribution >= 4 is 21.5 Å². The number of sulfonamides is 1. The molecule has 0 saturated heterocycles. The van der Waals surface area contributed by atoms with Crippen LogP contribution in [0.2, 0.25) is 0 Å². The zero-order valence-electron chi connectivity index (χ0n) is 14.6. The molecule has 3 rings (SSSR count). The molecule has 12 heteroatoms. The van der Waals surface area contributed by atoms with E-state index in [0.29, 0.717) is 0 Å². The lowest BCUT2D eigenvalue weighted by Gasteiger charge is -2.13. The molecule has 0 saturated carbocycles. The Balaban J connectivity index is 2.08. The Kier molecular flexibility index (Phi) is 5.08. The number of aryl methyl sites for hydroxylation is 1. The minimum Gasteiger partial charge on any atom is -0.421 e. The monoisotopic (exact) mass is 413 g/mol. The standard InChI is InChI=1S/C16H14F3N5O3S/c1-9-23-24-15(27-9)12-8-11(28(25,26)20-2)3-4-13(12)22-14-7-10(5-6-21-14)16(17,18)19/h3-8,20H,1-2H3,(H,21,22). The van der Waals surface area contributed by atoms with Gasteiger partial charge in [-0.15, -0.1) is 10.2 Å². The van der Waals surface area contributed by atoms with Gasteiger partial charge in [0.2, 0.25) is 21.8 Å². The second-order valence-electron chi connectivity index (χ2n) is 5.59. The average Bonchev–Trinajstić information content (AvgIpc) is 3.07. The molecule has 2 heterocycles. The van der Waals surface area contributed by atoms with Crippen LogP contribution in [0, 0.1) is 6.92 Å². The molecule has 28 heavy (non-hydrogen) atoms. The zero-order valence-corrected chi connectivity index (χ0v) is 15.4. The van der Waals surface area contributed by atoms with Gasteiger partial charge in [0.1, 0.15) is 5.82 Å². The van der Waals surface area contributed by atoms with Crippen LogP contribution in [-0.2, 0) is 16.2 Å². The van der Waals surface area contributed by atoms with E-state index in [1.165, 1.54) is 25.2 Å². The second-order valence-corrected chi connectivity index (χ2v) is 7.48. The molecule has 3 aromatic rings. The fraction of sp³-hybridized carbons (Fsp3) is 0.188. The second kappa shape index (κ2) is 7.20. The summed E-state index contributed by atoms with van der Waals surface area (Å²) in [6.07, 6.45) is -3.52. The van der Waals surface area contributed by atoms with Crippen LogP contribution in [0.5, 0.6) is 0 Å². The van der Waals surface area contributed by atoms with Gasteiger partial charge in [0, 0.05) is 13.1 Å². The topological polar surface area (TPSA) is 110 Å². The van der Waals surface area contributed by atoms with Crippen molar-refractivity contribution in [2.75, 3.05) is 12.4 Å². The Labute approximate surface area is 157 Å². The van der Waals surface area contributed by atoms with Gasteiger partial charge in [-0.1, -0.05) is 0 Å². The number of nitrogens with zero attached hydrogens (tertiary/aromatic N) is 3. The minimum absolute atomic E-state index is 0.000119. The van der Waals surface area contributed by atoms with Crippen LogP contribution in [0.1, 0.15) is 11.5 Å². The normalized spacial score (nSPS) is 12.2. The number of aromatic nitrogens is 3. The zero-order chi connectivity index (χ0) is 20.5. The van der Waals surface area contributed by atoms with Gasteiger partial charge in [0.25, 0.3) is 0 Å². The van der Waals surface area contributed by atoms with Crippen molar-refractivity contribution in [2.24, 2.45) is 0 Å². The highest BCUT2D eigenvalue weighted by molar-refractivity contribution is 7.89. The fourth-order valence-electron chi connectivity index (χ4n) is 2.31. The maximum Gasteiger partial charge on any atom is 0.416 e. The van der Waals surface area contributed by atoms with Gasteiger partial charge in [0.15, 0.2) is 0 Å². The Bertz CT molecular complexity index is 1110. The van der Waals surface area contributed by atoms with Crippen molar-refractivity contribution in [3.63, 3.8) is 0 Å². The molecular weight excluding hydrogens is 399 g/mol. The third kappa shape index (κ3) is 4.12. The highest BCUT2D eigenvalue weighted by Crippen LogP contribution is 2.34. The molecule has 2 N–H and O–H groups in total. The van der Waals surface area contributed by atoms with E-state index in [9.17, 15) is 21.6 Å². The number of rotatable bonds is 5. The smallest absolute Gasteiger partial charge is 0.416 e. The van der Waals surface area contributed by atoms with Gasteiger partial charge in [0.05, 0.1) is 21.7 Å². The Morgan fingerprint density at radius 3 is 2.46 bits per heavy atom. The largest absolute Gasteiger partial charge is 0.421 e. The lowest BCUT2D eigenvalue weighted by Crippen LogP contribution is -2.18. The number of nitrogens with one attached hydrogen (secondary N) is 2. The molecule has 1 aromatic carbocycles. The number of hydrogen-bond acceptors (Lipinski definition) is 7. The van der Waals surface area contributed by atoms with Gasteiger partial charge in [-0.2, -0.15) is 13.2 Å². The quantitative estimate of drug-likeness (QED) is 0.661. The molecular formula is C16H14F3N5O3S. The first-order chi connectivity index (χ1) is 13.1. The first-order valence-corrected chi connectivity index (χ1v) is 9.27. The maximum atomic E-state index is 12.9. The molecule has 0 bridgehead atoms. The molecule has 0 spiro atoms. The van der Waals surface area contributed by atoms with Crippen molar-refractivity contribution in [2.45, 2.75) is 18.0 Å². The summed E-state index contributed by atoms with van der Waals surface area (Å²) in [6.45, 7) is 1.55. The summed E-state index contributed by atoms with van der Waals surface area (Å²) >= 11 is 0. The molecule has 2 aromatic heterocycles. The predicted octanol–water partition coefficient (Wildman–Crippen LogP) is 3.11. The molecule has 148 valence electrons. The molecule has 0 fully saturated rings. The molecule has 0 unspecified atom stereocenters. The van der Waals surface area contributed by atoms with Crippen LogP contribution in [-0.4, -0.2) is 30.6 Å². The van der Waals surface area contributed by atoms with Gasteiger partial charge >= 0.3 is 6.18 Å². The Morgan fingerprint density at radius 1 is 1.11 bits per heavy atom. The Morgan fingerprint density at radius 2 is 1.86 bits per heavy atom. The number of halogens is 3. The van der Waals surface area contributed by atoms with Gasteiger partial charge < -0.3 is 9.73 Å². The van der Waals surface area contributed by atoms with Crippen LogP contribution in [0.25, 0.3) is 11.5 Å². The van der Waals surface area contributed by atoms with E-state index in [-0.39, 0.29) is 33.7 Å². The van der Waals surface area contributed by atoms with Gasteiger partial charge in [-0.3, -0.25) is 0 Å². The van der Waals surface area contributed by atoms with E-state index in [4.69, 9.17) is 4.42 Å². The Hall–Kier alpha value is -2.99. The number of anilines is 2. The third-order valence-corrected chi connectivity index (χ3v) is 5.09. The molecule has 0 atom stereocenters. The van der Waals surface area contributed by atoms with E-state index in [0.717, 1.165) is 18.3 Å². The lowest BCUT2D eigenvalue weighted by molar-refractivity contribution is -0.137. The fourth-order valence-corrected chi connectivity index (χ4v) is 3.07. The summed E-state index contributed by atoms with van der Waals surface area (Å²) in [5, 5.41) is 10.3. The van der Waals surface area contributed by atoms with Crippen LogP contribution in [0.15, 0.2) is 45.8 Å². The average molecular weight is 413 g/mol. The van der Waals surface area contributed by atoms with Gasteiger partial charge in [-0.05, 0) is 37.4 Å². The maximum absolute atomic E-state index is 12.9. The van der Waals surface area contributed by atoms with Crippen LogP contribution in [0.3, 0.4) is 0 Å². The molecule has 0 aliphatic rings. The van der Waals surface area contributed by atoms with E-state index < -0.39 is 21.8 Å². The first-order valence-electron chi connectivity index (χ1n) is 7.78. The molecule has 8 nitrogen and oxygen atoms in total. The molecule has 0 amide bonds. The van der Waals surface area contributed by atoms with Crippen LogP contribution >= 0.6 is 0 Å². The van der Waals surface area contributed by atoms with E-state index in [2.05, 4.69) is 25.2 Å². The summed E-state index contributed by atoms with van der Waals surface area (Å²) in [4.78, 5) is 3.79. The van der Waals surface area contributed by atoms with Gasteiger partial charge in [-0.25, -0.2) is 18.1 Å². The molecule has 0 aliphatic heterocycles. The van der Waals surface area contributed by atoms with Crippen molar-refractivity contribution in [3.05, 3.63) is 48.0 Å². The summed E-state index contributed by atoms with van der Waals surface area (Å²) in [7, 11) is -2.52. The predicted molar refractivity (Wildman–Crippen MR) is 93.2 cm³/mol. The third-order valence-electron chi connectivity index (χ3n) is 3.68. The van der Waals surface area contributed by atoms with Crippen molar-refractivity contribution in [1.29, 1.82) is 0 Å². The van der Waals surface area contributed by atoms with E-state index in [1.807, 2.05) is 0 Å². The summed E-state index contributed by atoms with van der Waals surface area (Å²) < 4.78 is 70.4. The first kappa shape index (κ1) is 19.8.